The van der Waals surface area contributed by atoms with Crippen LogP contribution in [-0.2, 0) is 13.5 Å². The van der Waals surface area contributed by atoms with E-state index in [0.29, 0.717) is 0 Å². The quantitative estimate of drug-likeness (QED) is 0.484. The third kappa shape index (κ3) is 14.3. The fourth-order valence-corrected chi connectivity index (χ4v) is 3.62. The van der Waals surface area contributed by atoms with Crippen molar-refractivity contribution in [3.8, 4) is 0 Å². The zero-order valence-corrected chi connectivity index (χ0v) is 19.7. The molecule has 0 saturated carbocycles. The normalized spacial score (nSPS) is 14.3. The number of aromatic nitrogens is 1. The van der Waals surface area contributed by atoms with E-state index >= 15 is 0 Å². The maximum Gasteiger partial charge on any atom is 0.0143 e. The molecule has 0 aliphatic carbocycles. The summed E-state index contributed by atoms with van der Waals surface area (Å²) in [4.78, 5) is 2.99. The number of allylic oxidation sites excluding steroid dienone is 4. The lowest BCUT2D eigenvalue weighted by atomic mass is 10.2. The number of aryl methyl sites for hydroxylation is 3. The van der Waals surface area contributed by atoms with Crippen molar-refractivity contribution in [2.24, 2.45) is 7.05 Å². The van der Waals surface area contributed by atoms with Gasteiger partial charge in [0.2, 0.25) is 0 Å². The van der Waals surface area contributed by atoms with Crippen molar-refractivity contribution in [1.29, 1.82) is 0 Å². The molecule has 3 heterocycles. The highest BCUT2D eigenvalue weighted by Gasteiger charge is 1.96. The van der Waals surface area contributed by atoms with Crippen LogP contribution in [0, 0.1) is 6.92 Å². The second-order valence-corrected chi connectivity index (χ2v) is 8.04. The van der Waals surface area contributed by atoms with E-state index < -0.39 is 0 Å². The molecule has 1 aromatic heterocycles. The van der Waals surface area contributed by atoms with Crippen LogP contribution in [-0.4, -0.2) is 16.1 Å². The zero-order valence-electron chi connectivity index (χ0n) is 18.1. The van der Waals surface area contributed by atoms with Gasteiger partial charge in [-0.15, -0.1) is 23.5 Å². The van der Waals surface area contributed by atoms with E-state index in [-0.39, 0.29) is 0 Å². The van der Waals surface area contributed by atoms with Crippen LogP contribution in [0.3, 0.4) is 0 Å². The van der Waals surface area contributed by atoms with Crippen LogP contribution in [0.25, 0.3) is 0 Å². The van der Waals surface area contributed by atoms with E-state index in [1.165, 1.54) is 45.4 Å². The molecule has 1 nitrogen and oxygen atoms in total. The molecule has 25 heavy (non-hydrogen) atoms. The second-order valence-electron chi connectivity index (χ2n) is 5.36. The molecule has 0 amide bonds. The molecule has 2 aliphatic heterocycles. The minimum absolute atomic E-state index is 1.14. The molecule has 0 aromatic carbocycles. The number of hydrogen-bond acceptors (Lipinski definition) is 2. The highest BCUT2D eigenvalue weighted by molar-refractivity contribution is 8.03. The molecule has 0 unspecified atom stereocenters. The Bertz CT molecular complexity index is 443. The van der Waals surface area contributed by atoms with Gasteiger partial charge in [0.25, 0.3) is 0 Å². The second kappa shape index (κ2) is 18.3. The number of rotatable bonds is 1. The summed E-state index contributed by atoms with van der Waals surface area (Å²) in [5.41, 5.74) is 2.77. The molecule has 0 radical (unpaired) electrons. The van der Waals surface area contributed by atoms with Crippen LogP contribution in [0.2, 0.25) is 0 Å². The number of thioether (sulfide) groups is 2. The summed E-state index contributed by atoms with van der Waals surface area (Å²) in [6.45, 7) is 16.6. The maximum absolute atomic E-state index is 2.28. The average molecular weight is 384 g/mol. The van der Waals surface area contributed by atoms with Gasteiger partial charge < -0.3 is 4.57 Å². The Labute approximate surface area is 166 Å². The molecule has 1 aromatic rings. The van der Waals surface area contributed by atoms with Crippen molar-refractivity contribution in [2.45, 2.75) is 74.7 Å². The van der Waals surface area contributed by atoms with E-state index in [4.69, 9.17) is 0 Å². The van der Waals surface area contributed by atoms with Gasteiger partial charge in [-0.3, -0.25) is 0 Å². The lowest BCUT2D eigenvalue weighted by molar-refractivity contribution is 0.878. The van der Waals surface area contributed by atoms with Crippen molar-refractivity contribution in [2.75, 3.05) is 11.5 Å². The topological polar surface area (TPSA) is 4.93 Å². The monoisotopic (exact) mass is 383 g/mol. The maximum atomic E-state index is 2.28. The van der Waals surface area contributed by atoms with Gasteiger partial charge in [0, 0.05) is 30.4 Å². The molecule has 3 heteroatoms. The first-order valence-electron chi connectivity index (χ1n) is 9.74. The summed E-state index contributed by atoms with van der Waals surface area (Å²) in [5.74, 6) is 2.62. The third-order valence-corrected chi connectivity index (χ3v) is 5.60. The Morgan fingerprint density at radius 2 is 1.32 bits per heavy atom. The van der Waals surface area contributed by atoms with Crippen molar-refractivity contribution >= 4 is 23.5 Å². The number of hydrogen-bond donors (Lipinski definition) is 0. The van der Waals surface area contributed by atoms with Crippen LogP contribution in [0.1, 0.15) is 72.6 Å². The summed E-state index contributed by atoms with van der Waals surface area (Å²) in [6, 6.07) is 2.22. The van der Waals surface area contributed by atoms with Crippen molar-refractivity contribution in [1.82, 2.24) is 4.57 Å². The van der Waals surface area contributed by atoms with Gasteiger partial charge in [0.05, 0.1) is 0 Å². The third-order valence-electron chi connectivity index (χ3n) is 3.48. The molecule has 0 atom stereocenters. The first-order chi connectivity index (χ1) is 12.0. The van der Waals surface area contributed by atoms with Gasteiger partial charge >= 0.3 is 0 Å². The lowest BCUT2D eigenvalue weighted by Gasteiger charge is -1.90. The van der Waals surface area contributed by atoms with Gasteiger partial charge in [-0.1, -0.05) is 46.8 Å². The smallest absolute Gasteiger partial charge is 0.0143 e. The van der Waals surface area contributed by atoms with Gasteiger partial charge in [-0.05, 0) is 61.5 Å². The molecule has 3 rings (SSSR count). The molecule has 0 fully saturated rings. The fourth-order valence-electron chi connectivity index (χ4n) is 2.03. The van der Waals surface area contributed by atoms with E-state index in [1.807, 2.05) is 51.2 Å². The van der Waals surface area contributed by atoms with Crippen LogP contribution in [0.15, 0.2) is 34.2 Å². The molecular weight excluding hydrogens is 342 g/mol. The van der Waals surface area contributed by atoms with Crippen LogP contribution < -0.4 is 0 Å². The van der Waals surface area contributed by atoms with Gasteiger partial charge in [0.1, 0.15) is 0 Å². The Hall–Kier alpha value is -0.540. The predicted octanol–water partition coefficient (Wildman–Crippen LogP) is 8.00. The van der Waals surface area contributed by atoms with Gasteiger partial charge in [-0.25, -0.2) is 0 Å². The van der Waals surface area contributed by atoms with E-state index in [2.05, 4.69) is 63.7 Å². The van der Waals surface area contributed by atoms with Crippen molar-refractivity contribution in [3.63, 3.8) is 0 Å². The van der Waals surface area contributed by atoms with Crippen molar-refractivity contribution in [3.05, 3.63) is 45.5 Å². The van der Waals surface area contributed by atoms with Crippen LogP contribution in [0.5, 0.6) is 0 Å². The van der Waals surface area contributed by atoms with E-state index in [9.17, 15) is 0 Å². The number of nitrogens with zero attached hydrogens (tertiary/aromatic N) is 1. The molecule has 0 spiro atoms. The zero-order chi connectivity index (χ0) is 19.7. The van der Waals surface area contributed by atoms with Crippen LogP contribution >= 0.6 is 23.5 Å². The fraction of sp³-hybridized carbons (Fsp3) is 0.636. The van der Waals surface area contributed by atoms with Crippen LogP contribution in [0.4, 0.5) is 0 Å². The minimum Gasteiger partial charge on any atom is -0.354 e. The lowest BCUT2D eigenvalue weighted by Crippen LogP contribution is -1.85. The summed E-state index contributed by atoms with van der Waals surface area (Å²) in [7, 11) is 2.08. The molecule has 0 N–H and O–H groups in total. The predicted molar refractivity (Wildman–Crippen MR) is 124 cm³/mol. The molecule has 146 valence electrons. The molecule has 2 aliphatic rings. The highest BCUT2D eigenvalue weighted by Crippen LogP contribution is 2.23. The SMILES string of the molecule is CC.CC.CC1=CCCS1.CC1=CCCS1.CCc1cc(C)n(C)c1. The Morgan fingerprint density at radius 1 is 0.880 bits per heavy atom. The average Bonchev–Trinajstić information content (AvgIpc) is 3.38. The largest absolute Gasteiger partial charge is 0.354 e. The standard InChI is InChI=1S/C8H13N.2C5H8S.2C2H6/c1-4-8-5-7(2)9(3)6-8;2*1-5-3-2-4-6-5;2*1-2/h5-6H,4H2,1-3H3;2*3H,2,4H2,1H3;2*1-2H3. The van der Waals surface area contributed by atoms with Crippen molar-refractivity contribution < 1.29 is 0 Å². The summed E-state index contributed by atoms with van der Waals surface area (Å²) >= 11 is 3.92. The summed E-state index contributed by atoms with van der Waals surface area (Å²) in [5, 5.41) is 0. The highest BCUT2D eigenvalue weighted by atomic mass is 32.2. The van der Waals surface area contributed by atoms with Gasteiger partial charge in [-0.2, -0.15) is 0 Å². The molecular formula is C22H41NS2. The molecule has 0 saturated heterocycles. The summed E-state index contributed by atoms with van der Waals surface area (Å²) in [6.07, 6.45) is 10.5. The Balaban J connectivity index is 0. The van der Waals surface area contributed by atoms with Gasteiger partial charge in [0.15, 0.2) is 0 Å². The first kappa shape index (κ1) is 26.7. The minimum atomic E-state index is 1.14. The molecule has 0 bridgehead atoms. The Kier molecular flexibility index (Phi) is 19.5. The van der Waals surface area contributed by atoms with E-state index in [0.717, 1.165) is 6.42 Å². The van der Waals surface area contributed by atoms with E-state index in [1.54, 1.807) is 0 Å². The first-order valence-corrected chi connectivity index (χ1v) is 11.7. The Morgan fingerprint density at radius 3 is 1.44 bits per heavy atom. The summed E-state index contributed by atoms with van der Waals surface area (Å²) < 4.78 is 2.15.